The summed E-state index contributed by atoms with van der Waals surface area (Å²) in [6.07, 6.45) is -3.82. The predicted octanol–water partition coefficient (Wildman–Crippen LogP) is 3.57. The molecule has 2 nitrogen and oxygen atoms in total. The number of benzene rings is 1. The molecule has 0 fully saturated rings. The van der Waals surface area contributed by atoms with Gasteiger partial charge in [0.2, 0.25) is 0 Å². The Kier molecular flexibility index (Phi) is 3.43. The summed E-state index contributed by atoms with van der Waals surface area (Å²) in [5, 5.41) is 9.86. The summed E-state index contributed by atoms with van der Waals surface area (Å²) in [4.78, 5) is 0. The van der Waals surface area contributed by atoms with Crippen LogP contribution in [-0.2, 0) is 12.6 Å². The van der Waals surface area contributed by atoms with Crippen LogP contribution in [0.15, 0.2) is 47.1 Å². The fourth-order valence-electron chi connectivity index (χ4n) is 1.66. The van der Waals surface area contributed by atoms with Crippen LogP contribution in [0, 0.1) is 0 Å². The van der Waals surface area contributed by atoms with Crippen LogP contribution in [0.4, 0.5) is 13.2 Å². The maximum atomic E-state index is 12.5. The van der Waals surface area contributed by atoms with Crippen molar-refractivity contribution in [3.05, 3.63) is 59.5 Å². The van der Waals surface area contributed by atoms with Crippen molar-refractivity contribution >= 4 is 0 Å². The average Bonchev–Trinajstić information content (AvgIpc) is 2.81. The molecule has 18 heavy (non-hydrogen) atoms. The number of aliphatic hydroxyl groups excluding tert-OH is 1. The standard InChI is InChI=1S/C13H11F3O2/c14-13(15,16)10-4-1-3-9(7-10)12(17)8-11-5-2-6-18-11/h1-7,12,17H,8H2. The molecule has 0 radical (unpaired) electrons. The Hall–Kier alpha value is -1.75. The van der Waals surface area contributed by atoms with Gasteiger partial charge in [-0.05, 0) is 29.8 Å². The first-order valence-corrected chi connectivity index (χ1v) is 5.34. The molecule has 0 aliphatic heterocycles. The van der Waals surface area contributed by atoms with E-state index in [2.05, 4.69) is 0 Å². The minimum atomic E-state index is -4.40. The molecule has 1 unspecified atom stereocenters. The molecule has 5 heteroatoms. The molecule has 0 aliphatic rings. The third-order valence-electron chi connectivity index (χ3n) is 2.57. The van der Waals surface area contributed by atoms with E-state index in [0.29, 0.717) is 5.76 Å². The van der Waals surface area contributed by atoms with Gasteiger partial charge >= 0.3 is 6.18 Å². The Bertz CT molecular complexity index is 503. The second-order valence-electron chi connectivity index (χ2n) is 3.92. The number of hydrogen-bond acceptors (Lipinski definition) is 2. The topological polar surface area (TPSA) is 33.4 Å². The van der Waals surface area contributed by atoms with Crippen molar-refractivity contribution < 1.29 is 22.7 Å². The van der Waals surface area contributed by atoms with Gasteiger partial charge in [0.15, 0.2) is 0 Å². The lowest BCUT2D eigenvalue weighted by Gasteiger charge is -2.12. The molecule has 0 aliphatic carbocycles. The van der Waals surface area contributed by atoms with E-state index >= 15 is 0 Å². The van der Waals surface area contributed by atoms with Crippen LogP contribution in [0.2, 0.25) is 0 Å². The van der Waals surface area contributed by atoms with Gasteiger partial charge in [0, 0.05) is 6.42 Å². The smallest absolute Gasteiger partial charge is 0.416 e. The number of aliphatic hydroxyl groups is 1. The molecule has 1 aromatic carbocycles. The zero-order valence-corrected chi connectivity index (χ0v) is 9.32. The highest BCUT2D eigenvalue weighted by atomic mass is 19.4. The molecule has 0 spiro atoms. The Balaban J connectivity index is 2.18. The maximum Gasteiger partial charge on any atom is 0.416 e. The Morgan fingerprint density at radius 3 is 2.56 bits per heavy atom. The number of hydrogen-bond donors (Lipinski definition) is 1. The van der Waals surface area contributed by atoms with Crippen molar-refractivity contribution in [3.8, 4) is 0 Å². The van der Waals surface area contributed by atoms with Crippen molar-refractivity contribution in [2.24, 2.45) is 0 Å². The summed E-state index contributed by atoms with van der Waals surface area (Å²) >= 11 is 0. The van der Waals surface area contributed by atoms with E-state index in [9.17, 15) is 18.3 Å². The normalized spacial score (nSPS) is 13.6. The Labute approximate surface area is 102 Å². The SMILES string of the molecule is OC(Cc1ccco1)c1cccc(C(F)(F)F)c1. The van der Waals surface area contributed by atoms with E-state index in [-0.39, 0.29) is 12.0 Å². The molecule has 1 atom stereocenters. The third-order valence-corrected chi connectivity index (χ3v) is 2.57. The third kappa shape index (κ3) is 2.92. The van der Waals surface area contributed by atoms with Crippen molar-refractivity contribution in [1.82, 2.24) is 0 Å². The van der Waals surface area contributed by atoms with Gasteiger partial charge in [0.1, 0.15) is 5.76 Å². The second kappa shape index (κ2) is 4.86. The number of halogens is 3. The number of furan rings is 1. The molecule has 1 heterocycles. The minimum Gasteiger partial charge on any atom is -0.469 e. The van der Waals surface area contributed by atoms with Gasteiger partial charge in [0.05, 0.1) is 17.9 Å². The molecule has 96 valence electrons. The molecule has 2 rings (SSSR count). The van der Waals surface area contributed by atoms with Gasteiger partial charge < -0.3 is 9.52 Å². The molecule has 1 N–H and O–H groups in total. The first-order valence-electron chi connectivity index (χ1n) is 5.34. The molecule has 0 saturated carbocycles. The zero-order chi connectivity index (χ0) is 13.2. The highest BCUT2D eigenvalue weighted by Gasteiger charge is 2.30. The zero-order valence-electron chi connectivity index (χ0n) is 9.32. The number of rotatable bonds is 3. The molecule has 0 bridgehead atoms. The molecular weight excluding hydrogens is 245 g/mol. The lowest BCUT2D eigenvalue weighted by molar-refractivity contribution is -0.137. The minimum absolute atomic E-state index is 0.147. The van der Waals surface area contributed by atoms with Gasteiger partial charge in [-0.1, -0.05) is 12.1 Å². The number of alkyl halides is 3. The van der Waals surface area contributed by atoms with E-state index in [1.165, 1.54) is 18.4 Å². The van der Waals surface area contributed by atoms with Crippen LogP contribution in [0.5, 0.6) is 0 Å². The second-order valence-corrected chi connectivity index (χ2v) is 3.92. The van der Waals surface area contributed by atoms with Gasteiger partial charge in [-0.15, -0.1) is 0 Å². The fraction of sp³-hybridized carbons (Fsp3) is 0.231. The average molecular weight is 256 g/mol. The first-order chi connectivity index (χ1) is 8.47. The molecule has 1 aromatic heterocycles. The van der Waals surface area contributed by atoms with E-state index in [0.717, 1.165) is 12.1 Å². The van der Waals surface area contributed by atoms with Crippen molar-refractivity contribution in [2.75, 3.05) is 0 Å². The summed E-state index contributed by atoms with van der Waals surface area (Å²) in [5.41, 5.74) is -0.542. The monoisotopic (exact) mass is 256 g/mol. The first kappa shape index (κ1) is 12.7. The van der Waals surface area contributed by atoms with Crippen LogP contribution < -0.4 is 0 Å². The van der Waals surface area contributed by atoms with E-state index in [1.807, 2.05) is 0 Å². The van der Waals surface area contributed by atoms with E-state index in [4.69, 9.17) is 4.42 Å². The van der Waals surface area contributed by atoms with Gasteiger partial charge in [-0.25, -0.2) is 0 Å². The van der Waals surface area contributed by atoms with Crippen molar-refractivity contribution in [3.63, 3.8) is 0 Å². The van der Waals surface area contributed by atoms with Crippen LogP contribution in [0.25, 0.3) is 0 Å². The molecular formula is C13H11F3O2. The van der Waals surface area contributed by atoms with Gasteiger partial charge in [0.25, 0.3) is 0 Å². The Morgan fingerprint density at radius 1 is 1.17 bits per heavy atom. The lowest BCUT2D eigenvalue weighted by Crippen LogP contribution is -2.07. The molecule has 2 aromatic rings. The summed E-state index contributed by atoms with van der Waals surface area (Å²) in [6, 6.07) is 7.99. The van der Waals surface area contributed by atoms with Crippen molar-refractivity contribution in [1.29, 1.82) is 0 Å². The van der Waals surface area contributed by atoms with Crippen molar-refractivity contribution in [2.45, 2.75) is 18.7 Å². The highest BCUT2D eigenvalue weighted by Crippen LogP contribution is 2.31. The van der Waals surface area contributed by atoms with E-state index in [1.54, 1.807) is 12.1 Å². The maximum absolute atomic E-state index is 12.5. The van der Waals surface area contributed by atoms with Crippen LogP contribution in [0.1, 0.15) is 23.0 Å². The summed E-state index contributed by atoms with van der Waals surface area (Å²) < 4.78 is 42.6. The van der Waals surface area contributed by atoms with Crippen LogP contribution in [-0.4, -0.2) is 5.11 Å². The Morgan fingerprint density at radius 2 is 1.94 bits per heavy atom. The van der Waals surface area contributed by atoms with Crippen LogP contribution in [0.3, 0.4) is 0 Å². The van der Waals surface area contributed by atoms with Crippen LogP contribution >= 0.6 is 0 Å². The van der Waals surface area contributed by atoms with Gasteiger partial charge in [-0.3, -0.25) is 0 Å². The molecule has 0 saturated heterocycles. The summed E-state index contributed by atoms with van der Waals surface area (Å²) in [6.45, 7) is 0. The molecule has 0 amide bonds. The summed E-state index contributed by atoms with van der Waals surface area (Å²) in [5.74, 6) is 0.528. The lowest BCUT2D eigenvalue weighted by atomic mass is 10.0. The predicted molar refractivity (Wildman–Crippen MR) is 58.8 cm³/mol. The fourth-order valence-corrected chi connectivity index (χ4v) is 1.66. The van der Waals surface area contributed by atoms with Gasteiger partial charge in [-0.2, -0.15) is 13.2 Å². The largest absolute Gasteiger partial charge is 0.469 e. The quantitative estimate of drug-likeness (QED) is 0.910. The van der Waals surface area contributed by atoms with E-state index < -0.39 is 17.8 Å². The highest BCUT2D eigenvalue weighted by molar-refractivity contribution is 5.27. The summed E-state index contributed by atoms with van der Waals surface area (Å²) in [7, 11) is 0.